The summed E-state index contributed by atoms with van der Waals surface area (Å²) in [5.74, 6) is 0. The Kier molecular flexibility index (Phi) is 14.2. The molecule has 0 saturated carbocycles. The number of hydrogen-bond donors (Lipinski definition) is 0. The first-order valence-electron chi connectivity index (χ1n) is 39.0. The number of nitrogens with zero attached hydrogens (tertiary/aromatic N) is 12. The van der Waals surface area contributed by atoms with Gasteiger partial charge in [-0.1, -0.05) is 170 Å². The van der Waals surface area contributed by atoms with Crippen molar-refractivity contribution in [2.24, 2.45) is 0 Å². The van der Waals surface area contributed by atoms with E-state index in [1.165, 1.54) is 0 Å². The standard InChI is InChI=1S/C104H62N12/c105-63-64-40-46-93-76(57-64)70-23-1-7-34-87(70)111(93)99-100(112-88-35-8-2-24-71(88)77-58-65(41-47-94(77)112)82-29-13-18-52-106-82)102(114-90-37-10-4-26-73(90)79-60-67(43-49-96(79)114)84-31-15-20-54-108-84)104(116-92-39-12-6-28-75(92)81-62-69(45-51-98(81)116)86-33-17-22-56-110-86)103(115-91-38-11-5-27-74(91)80-61-68(44-50-97(80)115)85-32-16-21-55-109-85)101(99)113-89-36-9-3-25-72(89)78-59-66(42-48-95(78)113)83-30-14-19-53-107-83/h1-62H. The van der Waals surface area contributed by atoms with E-state index in [1.54, 1.807) is 0 Å². The van der Waals surface area contributed by atoms with E-state index >= 15 is 0 Å². The molecule has 24 rings (SSSR count). The van der Waals surface area contributed by atoms with Gasteiger partial charge in [0.1, 0.15) is 0 Å². The van der Waals surface area contributed by atoms with Gasteiger partial charge in [0.2, 0.25) is 0 Å². The highest BCUT2D eigenvalue weighted by Crippen LogP contribution is 2.55. The second-order valence-corrected chi connectivity index (χ2v) is 29.8. The lowest BCUT2D eigenvalue weighted by molar-refractivity contribution is 0.971. The fourth-order valence-corrected chi connectivity index (χ4v) is 18.8. The molecule has 0 radical (unpaired) electrons. The van der Waals surface area contributed by atoms with E-state index in [-0.39, 0.29) is 0 Å². The smallest absolute Gasteiger partial charge is 0.0992 e. The van der Waals surface area contributed by atoms with Gasteiger partial charge in [-0.05, 0) is 176 Å². The maximum Gasteiger partial charge on any atom is 0.0992 e. The van der Waals surface area contributed by atoms with E-state index in [4.69, 9.17) is 24.9 Å². The Morgan fingerprint density at radius 2 is 0.353 bits per heavy atom. The lowest BCUT2D eigenvalue weighted by atomic mass is 10.0. The largest absolute Gasteiger partial charge is 0.305 e. The van der Waals surface area contributed by atoms with Crippen LogP contribution >= 0.6 is 0 Å². The number of aromatic nitrogens is 11. The molecule has 0 N–H and O–H groups in total. The topological polar surface area (TPSA) is 118 Å². The molecule has 11 heterocycles. The number of pyridine rings is 5. The predicted octanol–water partition coefficient (Wildman–Crippen LogP) is 25.5. The Hall–Kier alpha value is -16.1. The third-order valence-corrected chi connectivity index (χ3v) is 23.7. The van der Waals surface area contributed by atoms with E-state index in [1.807, 2.05) is 67.4 Å². The maximum absolute atomic E-state index is 11.2. The number of rotatable bonds is 11. The predicted molar refractivity (Wildman–Crippen MR) is 473 cm³/mol. The van der Waals surface area contributed by atoms with E-state index in [9.17, 15) is 5.26 Å². The van der Waals surface area contributed by atoms with Gasteiger partial charge in [-0.25, -0.2) is 0 Å². The number of nitriles is 1. The zero-order chi connectivity index (χ0) is 76.2. The summed E-state index contributed by atoms with van der Waals surface area (Å²) < 4.78 is 15.5. The number of para-hydroxylation sites is 6. The fraction of sp³-hybridized carbons (Fsp3) is 0. The van der Waals surface area contributed by atoms with Crippen LogP contribution in [0.15, 0.2) is 377 Å². The maximum atomic E-state index is 11.2. The molecule has 0 amide bonds. The van der Waals surface area contributed by atoms with Gasteiger partial charge < -0.3 is 27.4 Å². The minimum atomic E-state index is 0.554. The fourth-order valence-electron chi connectivity index (χ4n) is 18.8. The van der Waals surface area contributed by atoms with Crippen LogP contribution < -0.4 is 0 Å². The Balaban J connectivity index is 1.04. The van der Waals surface area contributed by atoms with Gasteiger partial charge in [-0.2, -0.15) is 5.26 Å². The van der Waals surface area contributed by atoms with Crippen LogP contribution in [-0.2, 0) is 0 Å². The highest BCUT2D eigenvalue weighted by atomic mass is 15.2. The second-order valence-electron chi connectivity index (χ2n) is 29.8. The molecule has 12 nitrogen and oxygen atoms in total. The monoisotopic (exact) mass is 1480 g/mol. The molecule has 0 unspecified atom stereocenters. The van der Waals surface area contributed by atoms with Crippen molar-refractivity contribution >= 4 is 131 Å². The molecule has 0 spiro atoms. The van der Waals surface area contributed by atoms with Crippen molar-refractivity contribution in [3.05, 3.63) is 382 Å². The van der Waals surface area contributed by atoms with Crippen LogP contribution in [0.5, 0.6) is 0 Å². The summed E-state index contributed by atoms with van der Waals surface area (Å²) in [6.07, 6.45) is 9.39. The van der Waals surface area contributed by atoms with Gasteiger partial charge in [0.15, 0.2) is 0 Å². The molecule has 0 bridgehead atoms. The molecule has 0 atom stereocenters. The van der Waals surface area contributed by atoms with Crippen LogP contribution in [0.3, 0.4) is 0 Å². The molecule has 116 heavy (non-hydrogen) atoms. The van der Waals surface area contributed by atoms with Crippen molar-refractivity contribution in [1.29, 1.82) is 5.26 Å². The zero-order valence-electron chi connectivity index (χ0n) is 62.2. The van der Waals surface area contributed by atoms with Crippen LogP contribution in [0, 0.1) is 11.3 Å². The first-order valence-corrected chi connectivity index (χ1v) is 39.0. The zero-order valence-corrected chi connectivity index (χ0v) is 62.2. The summed E-state index contributed by atoms with van der Waals surface area (Å²) in [5, 5.41) is 23.6. The average molecular weight is 1480 g/mol. The molecule has 0 aliphatic carbocycles. The quantitative estimate of drug-likeness (QED) is 0.127. The van der Waals surface area contributed by atoms with Crippen LogP contribution in [0.25, 0.3) is 221 Å². The van der Waals surface area contributed by atoms with E-state index < -0.39 is 0 Å². The molecular formula is C104H62N12. The highest BCUT2D eigenvalue weighted by Gasteiger charge is 2.39. The first-order chi connectivity index (χ1) is 57.6. The lowest BCUT2D eigenvalue weighted by Crippen LogP contribution is -2.20. The molecule has 0 aliphatic heterocycles. The molecule has 11 aromatic heterocycles. The summed E-state index contributed by atoms with van der Waals surface area (Å²) >= 11 is 0. The van der Waals surface area contributed by atoms with Crippen molar-refractivity contribution in [3.63, 3.8) is 0 Å². The first kappa shape index (κ1) is 64.7. The third kappa shape index (κ3) is 9.57. The molecular weight excluding hydrogens is 1420 g/mol. The molecule has 13 aromatic carbocycles. The molecule has 538 valence electrons. The van der Waals surface area contributed by atoms with Crippen molar-refractivity contribution in [3.8, 4) is 96.5 Å². The van der Waals surface area contributed by atoms with E-state index in [2.05, 4.69) is 343 Å². The number of hydrogen-bond acceptors (Lipinski definition) is 6. The SMILES string of the molecule is N#Cc1ccc2c(c1)c1ccccc1n2-c1c(-n2c3ccccc3c3cc(-c4ccccn4)ccc32)c(-n2c3ccccc3c3cc(-c4ccccn4)ccc32)c(-n2c3ccccc3c3cc(-c4ccccn4)ccc32)c(-n2c3ccccc3c3cc(-c4ccccn4)ccc32)c1-n1c2ccccc2c2cc(-c3ccccn3)ccc21. The van der Waals surface area contributed by atoms with Crippen LogP contribution in [0.2, 0.25) is 0 Å². The molecule has 12 heteroatoms. The molecule has 24 aromatic rings. The lowest BCUT2D eigenvalue weighted by Gasteiger charge is -2.32. The number of benzene rings is 13. The minimum Gasteiger partial charge on any atom is -0.305 e. The van der Waals surface area contributed by atoms with Crippen molar-refractivity contribution in [2.45, 2.75) is 0 Å². The highest BCUT2D eigenvalue weighted by molar-refractivity contribution is 6.21. The summed E-state index contributed by atoms with van der Waals surface area (Å²) in [5.41, 5.74) is 26.6. The van der Waals surface area contributed by atoms with Gasteiger partial charge in [0.05, 0.1) is 140 Å². The summed E-state index contributed by atoms with van der Waals surface area (Å²) in [7, 11) is 0. The van der Waals surface area contributed by atoms with Crippen molar-refractivity contribution < 1.29 is 0 Å². The van der Waals surface area contributed by atoms with Crippen LogP contribution in [0.4, 0.5) is 0 Å². The second kappa shape index (κ2) is 25.5. The Morgan fingerprint density at radius 3 is 0.552 bits per heavy atom. The van der Waals surface area contributed by atoms with Gasteiger partial charge in [0.25, 0.3) is 0 Å². The average Bonchev–Trinajstić information content (AvgIpc) is 0.946. The Labute approximate surface area is 663 Å². The summed E-state index contributed by atoms with van der Waals surface area (Å²) in [6, 6.07) is 128. The third-order valence-electron chi connectivity index (χ3n) is 23.7. The van der Waals surface area contributed by atoms with Gasteiger partial charge >= 0.3 is 0 Å². The van der Waals surface area contributed by atoms with E-state index in [0.29, 0.717) is 5.56 Å². The van der Waals surface area contributed by atoms with Crippen molar-refractivity contribution in [1.82, 2.24) is 52.3 Å². The van der Waals surface area contributed by atoms with E-state index in [0.717, 1.165) is 221 Å². The van der Waals surface area contributed by atoms with Crippen molar-refractivity contribution in [2.75, 3.05) is 0 Å². The minimum absolute atomic E-state index is 0.554. The summed E-state index contributed by atoms with van der Waals surface area (Å²) in [6.45, 7) is 0. The van der Waals surface area contributed by atoms with Gasteiger partial charge in [0, 0.05) is 123 Å². The molecule has 0 aliphatic rings. The number of fused-ring (bicyclic) bond motifs is 18. The van der Waals surface area contributed by atoms with Gasteiger partial charge in [-0.15, -0.1) is 0 Å². The Morgan fingerprint density at radius 1 is 0.172 bits per heavy atom. The van der Waals surface area contributed by atoms with Gasteiger partial charge in [-0.3, -0.25) is 24.9 Å². The molecule has 0 saturated heterocycles. The normalized spacial score (nSPS) is 12.0. The Bertz CT molecular complexity index is 7930. The van der Waals surface area contributed by atoms with Crippen LogP contribution in [-0.4, -0.2) is 52.3 Å². The molecule has 0 fully saturated rings. The summed E-state index contributed by atoms with van der Waals surface area (Å²) in [4.78, 5) is 25.1. The van der Waals surface area contributed by atoms with Crippen LogP contribution in [0.1, 0.15) is 5.56 Å².